The van der Waals surface area contributed by atoms with E-state index < -0.39 is 0 Å². The van der Waals surface area contributed by atoms with Gasteiger partial charge in [0.25, 0.3) is 0 Å². The molecule has 0 radical (unpaired) electrons. The summed E-state index contributed by atoms with van der Waals surface area (Å²) in [5.74, 6) is 0. The molecule has 0 aliphatic rings. The normalized spacial score (nSPS) is 12.5. The third-order valence-corrected chi connectivity index (χ3v) is 4.25. The fourth-order valence-corrected chi connectivity index (χ4v) is 2.98. The summed E-state index contributed by atoms with van der Waals surface area (Å²) in [5, 5.41) is 2.47. The van der Waals surface area contributed by atoms with Crippen LogP contribution in [0.25, 0.3) is 10.8 Å². The Kier molecular flexibility index (Phi) is 4.34. The highest BCUT2D eigenvalue weighted by Crippen LogP contribution is 2.28. The highest BCUT2D eigenvalue weighted by molar-refractivity contribution is 5.83. The second-order valence-corrected chi connectivity index (χ2v) is 5.95. The molecule has 1 unspecified atom stereocenters. The van der Waals surface area contributed by atoms with Gasteiger partial charge in [-0.05, 0) is 40.1 Å². The van der Waals surface area contributed by atoms with Crippen LogP contribution in [0.3, 0.4) is 0 Å². The van der Waals surface area contributed by atoms with Gasteiger partial charge in [-0.1, -0.05) is 72.8 Å². The lowest BCUT2D eigenvalue weighted by molar-refractivity contribution is 0.879. The maximum absolute atomic E-state index is 4.85. The van der Waals surface area contributed by atoms with E-state index in [0.717, 1.165) is 5.69 Å². The third kappa shape index (κ3) is 3.48. The van der Waals surface area contributed by atoms with Gasteiger partial charge < -0.3 is 0 Å². The highest BCUT2D eigenvalue weighted by Gasteiger charge is 2.12. The molecule has 0 saturated carbocycles. The fourth-order valence-electron chi connectivity index (χ4n) is 2.98. The second kappa shape index (κ2) is 7.10. The molecule has 0 fully saturated rings. The topological polar surface area (TPSA) is 25.2 Å². The molecular weight excluding hydrogens is 304 g/mol. The first kappa shape index (κ1) is 15.3. The number of fused-ring (bicyclic) bond motifs is 1. The summed E-state index contributed by atoms with van der Waals surface area (Å²) in [6, 6.07) is 31.1. The smallest absolute Gasteiger partial charge is 0.100 e. The molecular formula is C23H18N2. The lowest BCUT2D eigenvalue weighted by Crippen LogP contribution is -1.99. The van der Waals surface area contributed by atoms with E-state index >= 15 is 0 Å². The number of aliphatic imine (C=N–C) groups is 1. The first-order valence-electron chi connectivity index (χ1n) is 8.38. The zero-order valence-electron chi connectivity index (χ0n) is 13.8. The van der Waals surface area contributed by atoms with Crippen LogP contribution in [0.15, 0.2) is 102 Å². The van der Waals surface area contributed by atoms with Crippen LogP contribution in [0, 0.1) is 0 Å². The zero-order valence-corrected chi connectivity index (χ0v) is 13.8. The average Bonchev–Trinajstić information content (AvgIpc) is 2.70. The third-order valence-electron chi connectivity index (χ3n) is 4.25. The molecule has 3 aromatic carbocycles. The van der Waals surface area contributed by atoms with Crippen molar-refractivity contribution in [2.75, 3.05) is 0 Å². The molecule has 4 rings (SSSR count). The van der Waals surface area contributed by atoms with Gasteiger partial charge in [0.15, 0.2) is 0 Å². The lowest BCUT2D eigenvalue weighted by atomic mass is 9.97. The minimum Gasteiger partial charge on any atom is -0.278 e. The molecule has 0 aliphatic carbocycles. The molecule has 0 amide bonds. The zero-order chi connectivity index (χ0) is 16.9. The number of benzene rings is 3. The Balaban J connectivity index is 1.77. The Morgan fingerprint density at radius 1 is 0.680 bits per heavy atom. The van der Waals surface area contributed by atoms with Gasteiger partial charge in [-0.2, -0.15) is 0 Å². The highest BCUT2D eigenvalue weighted by atomic mass is 14.8. The van der Waals surface area contributed by atoms with E-state index in [4.69, 9.17) is 4.99 Å². The van der Waals surface area contributed by atoms with Crippen molar-refractivity contribution in [3.63, 3.8) is 0 Å². The van der Waals surface area contributed by atoms with Crippen LogP contribution < -0.4 is 0 Å². The molecule has 4 aromatic rings. The van der Waals surface area contributed by atoms with Crippen LogP contribution in [0.5, 0.6) is 0 Å². The van der Waals surface area contributed by atoms with Crippen molar-refractivity contribution < 1.29 is 0 Å². The first-order valence-corrected chi connectivity index (χ1v) is 8.38. The van der Waals surface area contributed by atoms with Gasteiger partial charge in [-0.15, -0.1) is 0 Å². The van der Waals surface area contributed by atoms with Crippen molar-refractivity contribution in [3.8, 4) is 0 Å². The van der Waals surface area contributed by atoms with Crippen LogP contribution in [-0.2, 0) is 0 Å². The fraction of sp³-hybridized carbons (Fsp3) is 0.0435. The van der Waals surface area contributed by atoms with Crippen molar-refractivity contribution in [2.45, 2.75) is 6.04 Å². The Bertz CT molecular complexity index is 992. The quantitative estimate of drug-likeness (QED) is 0.459. The summed E-state index contributed by atoms with van der Waals surface area (Å²) in [6.45, 7) is 0. The largest absolute Gasteiger partial charge is 0.278 e. The van der Waals surface area contributed by atoms with Gasteiger partial charge >= 0.3 is 0 Å². The summed E-state index contributed by atoms with van der Waals surface area (Å²) in [4.78, 5) is 9.19. The lowest BCUT2D eigenvalue weighted by Gasteiger charge is -2.14. The Morgan fingerprint density at radius 3 is 2.24 bits per heavy atom. The van der Waals surface area contributed by atoms with Crippen LogP contribution in [0.1, 0.15) is 22.9 Å². The van der Waals surface area contributed by atoms with Gasteiger partial charge in [-0.3, -0.25) is 9.98 Å². The number of rotatable bonds is 4. The van der Waals surface area contributed by atoms with Crippen molar-refractivity contribution in [2.24, 2.45) is 4.99 Å². The van der Waals surface area contributed by atoms with Gasteiger partial charge in [-0.25, -0.2) is 0 Å². The number of hydrogen-bond acceptors (Lipinski definition) is 2. The van der Waals surface area contributed by atoms with E-state index in [0.29, 0.717) is 0 Å². The summed E-state index contributed by atoms with van der Waals surface area (Å²) in [6.07, 6.45) is 3.64. The maximum atomic E-state index is 4.85. The monoisotopic (exact) mass is 322 g/mol. The molecule has 120 valence electrons. The molecule has 2 heteroatoms. The molecule has 1 atom stereocenters. The Hall–Kier alpha value is -3.26. The van der Waals surface area contributed by atoms with E-state index in [2.05, 4.69) is 71.7 Å². The second-order valence-electron chi connectivity index (χ2n) is 5.95. The maximum Gasteiger partial charge on any atom is 0.100 e. The minimum atomic E-state index is -0.0483. The van der Waals surface area contributed by atoms with Gasteiger partial charge in [0.2, 0.25) is 0 Å². The number of hydrogen-bond donors (Lipinski definition) is 0. The molecule has 25 heavy (non-hydrogen) atoms. The number of pyridine rings is 1. The van der Waals surface area contributed by atoms with Crippen LogP contribution in [0.4, 0.5) is 0 Å². The molecule has 0 bridgehead atoms. The van der Waals surface area contributed by atoms with Crippen LogP contribution >= 0.6 is 0 Å². The Labute approximate surface area is 147 Å². The molecule has 0 N–H and O–H groups in total. The predicted octanol–water partition coefficient (Wildman–Crippen LogP) is 5.44. The van der Waals surface area contributed by atoms with E-state index in [1.54, 1.807) is 6.20 Å². The summed E-state index contributed by atoms with van der Waals surface area (Å²) in [5.41, 5.74) is 3.21. The van der Waals surface area contributed by atoms with Gasteiger partial charge in [0.05, 0.1) is 5.69 Å². The average molecular weight is 322 g/mol. The number of nitrogens with zero attached hydrogens (tertiary/aromatic N) is 2. The predicted molar refractivity (Wildman–Crippen MR) is 104 cm³/mol. The van der Waals surface area contributed by atoms with E-state index in [-0.39, 0.29) is 6.04 Å². The van der Waals surface area contributed by atoms with Crippen molar-refractivity contribution in [3.05, 3.63) is 114 Å². The Morgan fingerprint density at radius 2 is 1.44 bits per heavy atom. The van der Waals surface area contributed by atoms with E-state index in [1.165, 1.54) is 21.9 Å². The van der Waals surface area contributed by atoms with Gasteiger partial charge in [0, 0.05) is 12.4 Å². The summed E-state index contributed by atoms with van der Waals surface area (Å²) in [7, 11) is 0. The molecule has 1 heterocycles. The standard InChI is InChI=1S/C23H18N2/c1-2-9-19(10-3-1)23(25-17-22-12-6-7-15-24-22)21-14-13-18-8-4-5-11-20(18)16-21/h1-17,23H. The minimum absolute atomic E-state index is 0.0483. The molecule has 0 saturated heterocycles. The first-order chi connectivity index (χ1) is 12.4. The summed E-state index contributed by atoms with van der Waals surface area (Å²) >= 11 is 0. The van der Waals surface area contributed by atoms with Gasteiger partial charge in [0.1, 0.15) is 6.04 Å². The van der Waals surface area contributed by atoms with E-state index in [9.17, 15) is 0 Å². The molecule has 0 aliphatic heterocycles. The van der Waals surface area contributed by atoms with E-state index in [1.807, 2.05) is 30.5 Å². The van der Waals surface area contributed by atoms with Crippen molar-refractivity contribution in [1.29, 1.82) is 0 Å². The SMILES string of the molecule is C(=NC(c1ccccc1)c1ccc2ccccc2c1)c1ccccn1. The van der Waals surface area contributed by atoms with Crippen molar-refractivity contribution in [1.82, 2.24) is 4.98 Å². The van der Waals surface area contributed by atoms with Crippen LogP contribution in [0.2, 0.25) is 0 Å². The summed E-state index contributed by atoms with van der Waals surface area (Å²) < 4.78 is 0. The van der Waals surface area contributed by atoms with Crippen molar-refractivity contribution >= 4 is 17.0 Å². The molecule has 1 aromatic heterocycles. The molecule has 2 nitrogen and oxygen atoms in total. The molecule has 0 spiro atoms. The number of aromatic nitrogens is 1. The van der Waals surface area contributed by atoms with Crippen LogP contribution in [-0.4, -0.2) is 11.2 Å².